The molecule has 0 unspecified atom stereocenters. The van der Waals surface area contributed by atoms with E-state index in [0.717, 1.165) is 53.1 Å². The second-order valence-corrected chi connectivity index (χ2v) is 16.6. The molecule has 0 spiro atoms. The summed E-state index contributed by atoms with van der Waals surface area (Å²) in [6.07, 6.45) is 0. The molecular formula is C19H35BrO2Si2. The molecule has 0 radical (unpaired) electrons. The average molecular weight is 432 g/mol. The van der Waals surface area contributed by atoms with Crippen molar-refractivity contribution in [2.75, 3.05) is 0 Å². The minimum absolute atomic E-state index is 0.832. The number of benzene rings is 1. The van der Waals surface area contributed by atoms with Crippen molar-refractivity contribution in [1.29, 1.82) is 0 Å². The van der Waals surface area contributed by atoms with E-state index in [-0.39, 0.29) is 0 Å². The molecule has 0 aromatic heterocycles. The third kappa shape index (κ3) is 5.36. The molecule has 0 saturated heterocycles. The summed E-state index contributed by atoms with van der Waals surface area (Å²) in [6.45, 7) is 13.6. The van der Waals surface area contributed by atoms with Gasteiger partial charge in [0, 0.05) is 11.4 Å². The number of rotatable bonds is 11. The third-order valence-corrected chi connectivity index (χ3v) is 15.3. The molecule has 0 amide bonds. The van der Waals surface area contributed by atoms with Crippen LogP contribution in [-0.4, -0.2) is 16.6 Å². The van der Waals surface area contributed by atoms with Crippen LogP contribution in [0.3, 0.4) is 0 Å². The molecule has 2 nitrogen and oxygen atoms in total. The molecule has 24 heavy (non-hydrogen) atoms. The first-order valence-electron chi connectivity index (χ1n) is 9.53. The molecule has 5 heteroatoms. The van der Waals surface area contributed by atoms with Crippen LogP contribution in [0.25, 0.3) is 0 Å². The first-order chi connectivity index (χ1) is 11.5. The van der Waals surface area contributed by atoms with Crippen LogP contribution in [0.4, 0.5) is 0 Å². The molecule has 0 aliphatic heterocycles. The Morgan fingerprint density at radius 3 is 1.25 bits per heavy atom. The second-order valence-electron chi connectivity index (χ2n) is 6.64. The molecule has 0 N–H and O–H groups in total. The molecule has 0 heterocycles. The lowest BCUT2D eigenvalue weighted by Crippen LogP contribution is -2.40. The van der Waals surface area contributed by atoms with Crippen molar-refractivity contribution in [2.45, 2.75) is 83.1 Å². The van der Waals surface area contributed by atoms with Gasteiger partial charge in [-0.3, -0.25) is 0 Å². The van der Waals surface area contributed by atoms with Crippen LogP contribution >= 0.6 is 15.9 Å². The van der Waals surface area contributed by atoms with Crippen molar-refractivity contribution < 1.29 is 8.85 Å². The van der Waals surface area contributed by atoms with Gasteiger partial charge in [0.25, 0.3) is 0 Å². The van der Waals surface area contributed by atoms with Gasteiger partial charge in [-0.1, -0.05) is 57.5 Å². The highest BCUT2D eigenvalue weighted by Crippen LogP contribution is 2.33. The Hall–Kier alpha value is -0.266. The van der Waals surface area contributed by atoms with E-state index in [1.165, 1.54) is 5.56 Å². The van der Waals surface area contributed by atoms with E-state index in [4.69, 9.17) is 8.85 Å². The van der Waals surface area contributed by atoms with E-state index >= 15 is 0 Å². The van der Waals surface area contributed by atoms with Crippen molar-refractivity contribution in [1.82, 2.24) is 0 Å². The van der Waals surface area contributed by atoms with E-state index in [1.807, 2.05) is 0 Å². The predicted octanol–water partition coefficient (Wildman–Crippen LogP) is 7.35. The maximum atomic E-state index is 6.60. The summed E-state index contributed by atoms with van der Waals surface area (Å²) in [5.41, 5.74) is 1.24. The van der Waals surface area contributed by atoms with Gasteiger partial charge >= 0.3 is 0 Å². The molecule has 0 aliphatic rings. The van der Waals surface area contributed by atoms with Crippen LogP contribution in [0.1, 0.15) is 47.1 Å². The highest BCUT2D eigenvalue weighted by Gasteiger charge is 2.32. The van der Waals surface area contributed by atoms with Gasteiger partial charge in [0.15, 0.2) is 0 Å². The summed E-state index contributed by atoms with van der Waals surface area (Å²) in [4.78, 5) is 0. The summed E-state index contributed by atoms with van der Waals surface area (Å²) in [6, 6.07) is 13.4. The molecular weight excluding hydrogens is 396 g/mol. The lowest BCUT2D eigenvalue weighted by Gasteiger charge is -2.31. The van der Waals surface area contributed by atoms with Crippen LogP contribution in [0.2, 0.25) is 36.3 Å². The van der Waals surface area contributed by atoms with Crippen molar-refractivity contribution in [2.24, 2.45) is 0 Å². The first kappa shape index (κ1) is 21.8. The fourth-order valence-corrected chi connectivity index (χ4v) is 8.68. The Morgan fingerprint density at radius 2 is 1.00 bits per heavy atom. The van der Waals surface area contributed by atoms with Crippen LogP contribution in [-0.2, 0) is 5.33 Å². The van der Waals surface area contributed by atoms with E-state index in [2.05, 4.69) is 75.7 Å². The Labute approximate surface area is 159 Å². The second kappa shape index (κ2) is 10.0. The SMILES string of the molecule is CC[Si](CC)(CC)Oc1cc(CBr)cc(O[Si](CC)(CC)CC)c1. The van der Waals surface area contributed by atoms with Gasteiger partial charge in [-0.05, 0) is 54.0 Å². The van der Waals surface area contributed by atoms with Crippen LogP contribution in [0.15, 0.2) is 18.2 Å². The van der Waals surface area contributed by atoms with Crippen LogP contribution in [0, 0.1) is 0 Å². The van der Waals surface area contributed by atoms with Gasteiger partial charge in [0.2, 0.25) is 16.6 Å². The standard InChI is InChI=1S/C19H35BrO2Si2/c1-7-23(8-2,9-3)21-18-13-17(16-20)14-19(15-18)22-24(10-4,11-5)12-6/h13-15H,7-12,16H2,1-6H3. The zero-order valence-corrected chi connectivity index (χ0v) is 20.0. The van der Waals surface area contributed by atoms with Gasteiger partial charge in [-0.2, -0.15) is 0 Å². The Kier molecular flexibility index (Phi) is 9.09. The normalized spacial score (nSPS) is 12.3. The Morgan fingerprint density at radius 1 is 0.667 bits per heavy atom. The topological polar surface area (TPSA) is 18.5 Å². The maximum Gasteiger partial charge on any atom is 0.250 e. The molecule has 1 aromatic carbocycles. The van der Waals surface area contributed by atoms with E-state index in [9.17, 15) is 0 Å². The van der Waals surface area contributed by atoms with Gasteiger partial charge < -0.3 is 8.85 Å². The molecule has 138 valence electrons. The Bertz CT molecular complexity index is 443. The number of halogens is 1. The summed E-state index contributed by atoms with van der Waals surface area (Å²) >= 11 is 3.60. The molecule has 0 atom stereocenters. The summed E-state index contributed by atoms with van der Waals surface area (Å²) < 4.78 is 13.2. The van der Waals surface area contributed by atoms with E-state index in [1.54, 1.807) is 0 Å². The largest absolute Gasteiger partial charge is 0.543 e. The van der Waals surface area contributed by atoms with Crippen molar-refractivity contribution in [3.8, 4) is 11.5 Å². The third-order valence-electron chi connectivity index (χ3n) is 5.63. The number of alkyl halides is 1. The highest BCUT2D eigenvalue weighted by atomic mass is 79.9. The van der Waals surface area contributed by atoms with Crippen molar-refractivity contribution >= 4 is 32.6 Å². The van der Waals surface area contributed by atoms with Crippen molar-refractivity contribution in [3.63, 3.8) is 0 Å². The molecule has 0 aliphatic carbocycles. The molecule has 0 fully saturated rings. The minimum Gasteiger partial charge on any atom is -0.543 e. The Balaban J connectivity index is 3.16. The van der Waals surface area contributed by atoms with Crippen LogP contribution in [0.5, 0.6) is 11.5 Å². The maximum absolute atomic E-state index is 6.60. The monoisotopic (exact) mass is 430 g/mol. The fraction of sp³-hybridized carbons (Fsp3) is 0.684. The lowest BCUT2D eigenvalue weighted by molar-refractivity contribution is 0.508. The highest BCUT2D eigenvalue weighted by molar-refractivity contribution is 9.08. The molecule has 1 aromatic rings. The van der Waals surface area contributed by atoms with E-state index < -0.39 is 16.6 Å². The number of hydrogen-bond donors (Lipinski definition) is 0. The average Bonchev–Trinajstić information content (AvgIpc) is 2.64. The molecule has 0 saturated carbocycles. The van der Waals surface area contributed by atoms with E-state index in [0.29, 0.717) is 0 Å². The summed E-state index contributed by atoms with van der Waals surface area (Å²) in [5, 5.41) is 0.832. The molecule has 1 rings (SSSR count). The van der Waals surface area contributed by atoms with Crippen LogP contribution < -0.4 is 8.85 Å². The van der Waals surface area contributed by atoms with Crippen molar-refractivity contribution in [3.05, 3.63) is 23.8 Å². The lowest BCUT2D eigenvalue weighted by atomic mass is 10.2. The summed E-state index contributed by atoms with van der Waals surface area (Å²) in [7, 11) is -3.32. The smallest absolute Gasteiger partial charge is 0.250 e. The number of hydrogen-bond acceptors (Lipinski definition) is 2. The zero-order valence-electron chi connectivity index (χ0n) is 16.4. The zero-order chi connectivity index (χ0) is 18.2. The fourth-order valence-electron chi connectivity index (χ4n) is 3.26. The minimum atomic E-state index is -1.66. The van der Waals surface area contributed by atoms with Gasteiger partial charge in [0.1, 0.15) is 11.5 Å². The predicted molar refractivity (Wildman–Crippen MR) is 115 cm³/mol. The van der Waals surface area contributed by atoms with Gasteiger partial charge in [-0.15, -0.1) is 0 Å². The van der Waals surface area contributed by atoms with Gasteiger partial charge in [-0.25, -0.2) is 0 Å². The summed E-state index contributed by atoms with van der Waals surface area (Å²) in [5.74, 6) is 2.01. The molecule has 0 bridgehead atoms. The quantitative estimate of drug-likeness (QED) is 0.269. The first-order valence-corrected chi connectivity index (χ1v) is 15.7. The van der Waals surface area contributed by atoms with Gasteiger partial charge in [0.05, 0.1) is 0 Å².